The lowest BCUT2D eigenvalue weighted by molar-refractivity contribution is 0.0696. The van der Waals surface area contributed by atoms with Crippen LogP contribution in [0.25, 0.3) is 27.1 Å². The quantitative estimate of drug-likeness (QED) is 0.417. The van der Waals surface area contributed by atoms with E-state index in [2.05, 4.69) is 4.98 Å². The summed E-state index contributed by atoms with van der Waals surface area (Å²) in [5.41, 5.74) is 5.80. The lowest BCUT2D eigenvalue weighted by Crippen LogP contribution is -2.22. The number of fused-ring (bicyclic) bond motifs is 4. The van der Waals surface area contributed by atoms with Crippen molar-refractivity contribution >= 4 is 50.7 Å². The molecule has 0 aliphatic heterocycles. The Hall–Kier alpha value is -3.23. The second-order valence-corrected chi connectivity index (χ2v) is 10.6. The molecule has 0 amide bonds. The molecule has 166 valence electrons. The molecule has 8 heteroatoms. The number of hydrogen-bond donors (Lipinski definition) is 1. The monoisotopic (exact) mass is 475 g/mol. The van der Waals surface area contributed by atoms with E-state index in [1.165, 1.54) is 16.2 Å². The van der Waals surface area contributed by atoms with Gasteiger partial charge in [0.2, 0.25) is 0 Å². The van der Waals surface area contributed by atoms with E-state index in [4.69, 9.17) is 0 Å². The van der Waals surface area contributed by atoms with Gasteiger partial charge in [-0.15, -0.1) is 11.3 Å². The zero-order valence-corrected chi connectivity index (χ0v) is 19.8. The van der Waals surface area contributed by atoms with Crippen LogP contribution < -0.4 is 10.1 Å². The summed E-state index contributed by atoms with van der Waals surface area (Å²) in [4.78, 5) is 31.9. The zero-order valence-electron chi connectivity index (χ0n) is 18.2. The number of imidazole rings is 1. The highest BCUT2D eigenvalue weighted by molar-refractivity contribution is 7.15. The number of benzene rings is 1. The van der Waals surface area contributed by atoms with E-state index in [1.54, 1.807) is 15.7 Å². The van der Waals surface area contributed by atoms with Crippen molar-refractivity contribution in [1.82, 2.24) is 14.0 Å². The van der Waals surface area contributed by atoms with Crippen LogP contribution in [0.3, 0.4) is 0 Å². The Morgan fingerprint density at radius 2 is 1.94 bits per heavy atom. The minimum Gasteiger partial charge on any atom is -0.478 e. The normalized spacial score (nSPS) is 14.4. The molecule has 1 N–H and O–H groups in total. The molecule has 0 fully saturated rings. The van der Waals surface area contributed by atoms with Crippen molar-refractivity contribution in [2.45, 2.75) is 39.5 Å². The van der Waals surface area contributed by atoms with Crippen LogP contribution in [0.2, 0.25) is 0 Å². The molecule has 0 radical (unpaired) electrons. The molecule has 4 heterocycles. The van der Waals surface area contributed by atoms with Gasteiger partial charge in [0.15, 0.2) is 4.96 Å². The van der Waals surface area contributed by atoms with Crippen LogP contribution in [0, 0.1) is 13.8 Å². The Morgan fingerprint density at radius 1 is 1.15 bits per heavy atom. The Morgan fingerprint density at radius 3 is 2.76 bits per heavy atom. The van der Waals surface area contributed by atoms with Gasteiger partial charge in [-0.05, 0) is 74.9 Å². The number of carbonyl (C=O) groups is 1. The van der Waals surface area contributed by atoms with Crippen LogP contribution in [-0.2, 0) is 12.8 Å². The zero-order chi connectivity index (χ0) is 22.9. The maximum atomic E-state index is 13.2. The first kappa shape index (κ1) is 20.4. The number of hydrogen-bond acceptors (Lipinski definition) is 5. The van der Waals surface area contributed by atoms with Crippen molar-refractivity contribution in [2.75, 3.05) is 0 Å². The SMILES string of the molecule is Cc1cc(/C=c2\sc3nc4ccccc4n3c2=O)c(C)n1-c1sc2c(c1C(=O)O)CCCC2. The van der Waals surface area contributed by atoms with Gasteiger partial charge < -0.3 is 9.67 Å². The first-order chi connectivity index (χ1) is 15.9. The maximum Gasteiger partial charge on any atom is 0.339 e. The first-order valence-electron chi connectivity index (χ1n) is 10.9. The molecule has 0 spiro atoms. The summed E-state index contributed by atoms with van der Waals surface area (Å²) in [7, 11) is 0. The van der Waals surface area contributed by atoms with Crippen molar-refractivity contribution in [3.8, 4) is 5.00 Å². The molecule has 6 nitrogen and oxygen atoms in total. The number of carboxylic acids is 1. The van der Waals surface area contributed by atoms with E-state index < -0.39 is 5.97 Å². The standard InChI is InChI=1S/C25H21N3O3S2/c1-13-11-15(12-20-22(29)28-18-9-5-4-8-17(18)26-25(28)33-20)14(2)27(13)23-21(24(30)31)16-7-3-6-10-19(16)32-23/h4-5,8-9,11-12H,3,6-7,10H2,1-2H3,(H,30,31)/b20-12-. The van der Waals surface area contributed by atoms with Gasteiger partial charge in [-0.2, -0.15) is 0 Å². The summed E-state index contributed by atoms with van der Waals surface area (Å²) in [6.07, 6.45) is 5.82. The van der Waals surface area contributed by atoms with E-state index in [9.17, 15) is 14.7 Å². The number of thiazole rings is 1. The number of rotatable bonds is 3. The average Bonchev–Trinajstić information content (AvgIpc) is 3.49. The summed E-state index contributed by atoms with van der Waals surface area (Å²) in [5, 5.41) is 10.8. The fourth-order valence-corrected chi connectivity index (χ4v) is 7.40. The van der Waals surface area contributed by atoms with Crippen molar-refractivity contribution in [1.29, 1.82) is 0 Å². The molecule has 0 saturated carbocycles. The number of aromatic nitrogens is 3. The number of nitrogens with zero attached hydrogens (tertiary/aromatic N) is 3. The predicted molar refractivity (Wildman–Crippen MR) is 132 cm³/mol. The number of thiophene rings is 1. The Bertz CT molecular complexity index is 1700. The second-order valence-electron chi connectivity index (χ2n) is 8.49. The van der Waals surface area contributed by atoms with Crippen LogP contribution in [0.1, 0.15) is 50.6 Å². The number of aryl methyl sites for hydroxylation is 2. The summed E-state index contributed by atoms with van der Waals surface area (Å²) >= 11 is 2.97. The summed E-state index contributed by atoms with van der Waals surface area (Å²) in [6.45, 7) is 3.98. The van der Waals surface area contributed by atoms with Gasteiger partial charge in [-0.1, -0.05) is 23.5 Å². The largest absolute Gasteiger partial charge is 0.478 e. The molecule has 6 rings (SSSR count). The molecule has 1 aliphatic carbocycles. The highest BCUT2D eigenvalue weighted by Crippen LogP contribution is 2.38. The summed E-state index contributed by atoms with van der Waals surface area (Å²) in [5.74, 6) is -0.865. The topological polar surface area (TPSA) is 76.6 Å². The molecule has 0 saturated heterocycles. The van der Waals surface area contributed by atoms with E-state index in [1.807, 2.05) is 54.8 Å². The van der Waals surface area contributed by atoms with Gasteiger partial charge in [0, 0.05) is 16.3 Å². The van der Waals surface area contributed by atoms with E-state index >= 15 is 0 Å². The predicted octanol–water partition coefficient (Wildman–Crippen LogP) is 4.50. The molecule has 0 unspecified atom stereocenters. The maximum absolute atomic E-state index is 13.2. The Labute approximate surface area is 197 Å². The lowest BCUT2D eigenvalue weighted by Gasteiger charge is -2.11. The molecule has 0 atom stereocenters. The van der Waals surface area contributed by atoms with E-state index in [-0.39, 0.29) is 5.56 Å². The van der Waals surface area contributed by atoms with Crippen LogP contribution >= 0.6 is 22.7 Å². The van der Waals surface area contributed by atoms with Crippen molar-refractivity contribution in [3.63, 3.8) is 0 Å². The number of para-hydroxylation sites is 2. The van der Waals surface area contributed by atoms with Gasteiger partial charge in [0.25, 0.3) is 5.56 Å². The summed E-state index contributed by atoms with van der Waals surface area (Å²) in [6, 6.07) is 9.67. The molecule has 0 bridgehead atoms. The van der Waals surface area contributed by atoms with Crippen molar-refractivity contribution < 1.29 is 9.90 Å². The highest BCUT2D eigenvalue weighted by Gasteiger charge is 2.27. The fraction of sp³-hybridized carbons (Fsp3) is 0.240. The summed E-state index contributed by atoms with van der Waals surface area (Å²) < 4.78 is 4.32. The molecule has 33 heavy (non-hydrogen) atoms. The molecule has 1 aliphatic rings. The first-order valence-corrected chi connectivity index (χ1v) is 12.6. The van der Waals surface area contributed by atoms with Gasteiger partial charge >= 0.3 is 5.97 Å². The second kappa shape index (κ2) is 7.40. The molecule has 5 aromatic rings. The van der Waals surface area contributed by atoms with Gasteiger partial charge in [0.05, 0.1) is 21.1 Å². The van der Waals surface area contributed by atoms with Gasteiger partial charge in [-0.3, -0.25) is 4.79 Å². The Balaban J connectivity index is 1.54. The van der Waals surface area contributed by atoms with Gasteiger partial charge in [0.1, 0.15) is 5.00 Å². The molecular weight excluding hydrogens is 454 g/mol. The van der Waals surface area contributed by atoms with E-state index in [0.29, 0.717) is 15.1 Å². The average molecular weight is 476 g/mol. The molecule has 4 aromatic heterocycles. The Kier molecular flexibility index (Phi) is 4.57. The third-order valence-electron chi connectivity index (χ3n) is 6.47. The van der Waals surface area contributed by atoms with Crippen LogP contribution in [-0.4, -0.2) is 25.0 Å². The third-order valence-corrected chi connectivity index (χ3v) is 8.72. The van der Waals surface area contributed by atoms with Crippen LogP contribution in [0.4, 0.5) is 0 Å². The lowest BCUT2D eigenvalue weighted by atomic mass is 9.95. The van der Waals surface area contributed by atoms with Crippen LogP contribution in [0.15, 0.2) is 35.1 Å². The smallest absolute Gasteiger partial charge is 0.339 e. The van der Waals surface area contributed by atoms with Crippen LogP contribution in [0.5, 0.6) is 0 Å². The van der Waals surface area contributed by atoms with Gasteiger partial charge in [-0.25, -0.2) is 14.2 Å². The van der Waals surface area contributed by atoms with Crippen molar-refractivity contribution in [3.05, 3.63) is 78.2 Å². The molecular formula is C25H21N3O3S2. The molecule has 1 aromatic carbocycles. The minimum absolute atomic E-state index is 0.0775. The number of aromatic carboxylic acids is 1. The van der Waals surface area contributed by atoms with E-state index in [0.717, 1.165) is 64.2 Å². The van der Waals surface area contributed by atoms with Crippen molar-refractivity contribution in [2.24, 2.45) is 0 Å². The highest BCUT2D eigenvalue weighted by atomic mass is 32.1. The third kappa shape index (κ3) is 3.01. The number of carboxylic acid groups (broad SMARTS) is 1. The minimum atomic E-state index is -0.865. The fourth-order valence-electron chi connectivity index (χ4n) is 4.93.